The lowest BCUT2D eigenvalue weighted by molar-refractivity contribution is 0.603. The maximum Gasteiger partial charge on any atom is 0.111 e. The van der Waals surface area contributed by atoms with Crippen LogP contribution < -0.4 is 0 Å². The fourth-order valence-corrected chi connectivity index (χ4v) is 2.16. The Balaban J connectivity index is 1.50. The molecule has 0 aliphatic rings. The number of rotatable bonds is 6. The van der Waals surface area contributed by atoms with Crippen LogP contribution in [0.15, 0.2) is 55.2 Å². The van der Waals surface area contributed by atoms with Gasteiger partial charge in [0.2, 0.25) is 0 Å². The highest BCUT2D eigenvalue weighted by atomic mass is 15.1. The quantitative estimate of drug-likeness (QED) is 0.651. The molecule has 0 unspecified atom stereocenters. The van der Waals surface area contributed by atoms with E-state index < -0.39 is 0 Å². The van der Waals surface area contributed by atoms with Crippen molar-refractivity contribution < 1.29 is 0 Å². The smallest absolute Gasteiger partial charge is 0.111 e. The molecule has 0 aliphatic heterocycles. The van der Waals surface area contributed by atoms with Crippen LogP contribution in [-0.2, 0) is 13.0 Å². The van der Waals surface area contributed by atoms with E-state index in [4.69, 9.17) is 0 Å². The van der Waals surface area contributed by atoms with Crippen LogP contribution in [0.2, 0.25) is 0 Å². The maximum absolute atomic E-state index is 4.28. The highest BCUT2D eigenvalue weighted by molar-refractivity contribution is 5.52. The highest BCUT2D eigenvalue weighted by Gasteiger charge is 2.02. The molecule has 5 heteroatoms. The van der Waals surface area contributed by atoms with Crippen molar-refractivity contribution in [3.8, 4) is 11.4 Å². The average molecular weight is 279 g/mol. The standard InChI is InChI=1S/C16H17N5/c1-3-9-18-15(6-1)16-8-7-14(19-20-16)5-2-4-11-21-12-10-17-13-21/h1,3,6-10,12-13H,2,4-5,11H2. The molecule has 5 nitrogen and oxygen atoms in total. The second-order valence-corrected chi connectivity index (χ2v) is 4.88. The molecule has 0 saturated heterocycles. The van der Waals surface area contributed by atoms with Crippen LogP contribution in [0.25, 0.3) is 11.4 Å². The third-order valence-corrected chi connectivity index (χ3v) is 3.31. The van der Waals surface area contributed by atoms with Crippen LogP contribution in [0.5, 0.6) is 0 Å². The van der Waals surface area contributed by atoms with Crippen LogP contribution in [0.4, 0.5) is 0 Å². The molecule has 106 valence electrons. The molecule has 0 spiro atoms. The molecule has 0 atom stereocenters. The summed E-state index contributed by atoms with van der Waals surface area (Å²) in [4.78, 5) is 8.30. The van der Waals surface area contributed by atoms with E-state index >= 15 is 0 Å². The summed E-state index contributed by atoms with van der Waals surface area (Å²) in [6, 6.07) is 9.81. The minimum absolute atomic E-state index is 0.817. The molecule has 3 rings (SSSR count). The number of pyridine rings is 1. The number of unbranched alkanes of at least 4 members (excludes halogenated alkanes) is 1. The highest BCUT2D eigenvalue weighted by Crippen LogP contribution is 2.12. The van der Waals surface area contributed by atoms with Gasteiger partial charge in [-0.05, 0) is 43.5 Å². The second-order valence-electron chi connectivity index (χ2n) is 4.88. The number of aryl methyl sites for hydroxylation is 2. The Morgan fingerprint density at radius 3 is 2.62 bits per heavy atom. The Morgan fingerprint density at radius 2 is 1.90 bits per heavy atom. The minimum atomic E-state index is 0.817. The molecular weight excluding hydrogens is 262 g/mol. The number of nitrogens with zero attached hydrogens (tertiary/aromatic N) is 5. The summed E-state index contributed by atoms with van der Waals surface area (Å²) in [6.07, 6.45) is 10.6. The van der Waals surface area contributed by atoms with Gasteiger partial charge in [-0.2, -0.15) is 5.10 Å². The topological polar surface area (TPSA) is 56.5 Å². The summed E-state index contributed by atoms with van der Waals surface area (Å²) in [5.41, 5.74) is 2.70. The van der Waals surface area contributed by atoms with Gasteiger partial charge in [-0.15, -0.1) is 5.10 Å². The van der Waals surface area contributed by atoms with E-state index in [-0.39, 0.29) is 0 Å². The molecule has 21 heavy (non-hydrogen) atoms. The Morgan fingerprint density at radius 1 is 0.905 bits per heavy atom. The van der Waals surface area contributed by atoms with Gasteiger partial charge in [0.25, 0.3) is 0 Å². The van der Waals surface area contributed by atoms with E-state index in [0.29, 0.717) is 0 Å². The van der Waals surface area contributed by atoms with Gasteiger partial charge in [0.15, 0.2) is 0 Å². The van der Waals surface area contributed by atoms with Gasteiger partial charge < -0.3 is 4.57 Å². The van der Waals surface area contributed by atoms with Crippen LogP contribution >= 0.6 is 0 Å². The van der Waals surface area contributed by atoms with Crippen LogP contribution in [0.3, 0.4) is 0 Å². The van der Waals surface area contributed by atoms with Crippen molar-refractivity contribution in [1.29, 1.82) is 0 Å². The van der Waals surface area contributed by atoms with Gasteiger partial charge in [-0.25, -0.2) is 4.98 Å². The van der Waals surface area contributed by atoms with Crippen LogP contribution in [-0.4, -0.2) is 24.7 Å². The van der Waals surface area contributed by atoms with Gasteiger partial charge in [-0.3, -0.25) is 4.98 Å². The fourth-order valence-electron chi connectivity index (χ4n) is 2.16. The molecular formula is C16H17N5. The molecule has 0 aromatic carbocycles. The molecule has 3 aromatic heterocycles. The molecule has 0 radical (unpaired) electrons. The van der Waals surface area contributed by atoms with E-state index in [1.165, 1.54) is 0 Å². The Hall–Kier alpha value is -2.56. The molecule has 0 amide bonds. The Labute approximate surface area is 123 Å². The summed E-state index contributed by atoms with van der Waals surface area (Å²) in [6.45, 7) is 0.999. The zero-order chi connectivity index (χ0) is 14.3. The zero-order valence-corrected chi connectivity index (χ0v) is 11.8. The summed E-state index contributed by atoms with van der Waals surface area (Å²) >= 11 is 0. The molecule has 0 fully saturated rings. The van der Waals surface area contributed by atoms with E-state index in [0.717, 1.165) is 42.9 Å². The van der Waals surface area contributed by atoms with E-state index in [1.54, 1.807) is 6.20 Å². The molecule has 0 aliphatic carbocycles. The number of hydrogen-bond acceptors (Lipinski definition) is 4. The predicted octanol–water partition coefficient (Wildman–Crippen LogP) is 2.76. The van der Waals surface area contributed by atoms with E-state index in [9.17, 15) is 0 Å². The zero-order valence-electron chi connectivity index (χ0n) is 11.8. The van der Waals surface area contributed by atoms with Crippen molar-refractivity contribution in [2.45, 2.75) is 25.8 Å². The van der Waals surface area contributed by atoms with Gasteiger partial charge in [-0.1, -0.05) is 6.07 Å². The lowest BCUT2D eigenvalue weighted by Gasteiger charge is -2.03. The number of hydrogen-bond donors (Lipinski definition) is 0. The van der Waals surface area contributed by atoms with Crippen molar-refractivity contribution in [1.82, 2.24) is 24.7 Å². The van der Waals surface area contributed by atoms with Crippen molar-refractivity contribution >= 4 is 0 Å². The largest absolute Gasteiger partial charge is 0.337 e. The number of aromatic nitrogens is 5. The van der Waals surface area contributed by atoms with E-state index in [2.05, 4.69) is 24.7 Å². The Bertz CT molecular complexity index is 647. The first-order chi connectivity index (χ1) is 10.4. The molecule has 3 aromatic rings. The third-order valence-electron chi connectivity index (χ3n) is 3.31. The fraction of sp³-hybridized carbons (Fsp3) is 0.250. The lowest BCUT2D eigenvalue weighted by atomic mass is 10.1. The summed E-state index contributed by atoms with van der Waals surface area (Å²) in [5.74, 6) is 0. The first kappa shape index (κ1) is 13.4. The lowest BCUT2D eigenvalue weighted by Crippen LogP contribution is -1.98. The SMILES string of the molecule is c1ccc(-c2ccc(CCCCn3ccnc3)nn2)nc1. The molecule has 3 heterocycles. The Kier molecular flexibility index (Phi) is 4.31. The van der Waals surface area contributed by atoms with Crippen molar-refractivity contribution in [2.24, 2.45) is 0 Å². The number of imidazole rings is 1. The first-order valence-corrected chi connectivity index (χ1v) is 7.11. The maximum atomic E-state index is 4.28. The van der Waals surface area contributed by atoms with Crippen molar-refractivity contribution in [3.05, 3.63) is 60.9 Å². The summed E-state index contributed by atoms with van der Waals surface area (Å²) in [7, 11) is 0. The molecule has 0 N–H and O–H groups in total. The van der Waals surface area contributed by atoms with Gasteiger partial charge >= 0.3 is 0 Å². The third kappa shape index (κ3) is 3.72. The van der Waals surface area contributed by atoms with Gasteiger partial charge in [0, 0.05) is 25.1 Å². The van der Waals surface area contributed by atoms with Crippen LogP contribution in [0.1, 0.15) is 18.5 Å². The monoisotopic (exact) mass is 279 g/mol. The molecule has 0 saturated carbocycles. The first-order valence-electron chi connectivity index (χ1n) is 7.11. The summed E-state index contributed by atoms with van der Waals surface area (Å²) in [5, 5.41) is 8.53. The summed E-state index contributed by atoms with van der Waals surface area (Å²) < 4.78 is 2.09. The molecule has 0 bridgehead atoms. The van der Waals surface area contributed by atoms with Crippen molar-refractivity contribution in [3.63, 3.8) is 0 Å². The van der Waals surface area contributed by atoms with Crippen LogP contribution in [0, 0.1) is 0 Å². The predicted molar refractivity (Wildman–Crippen MR) is 80.4 cm³/mol. The minimum Gasteiger partial charge on any atom is -0.337 e. The normalized spacial score (nSPS) is 10.7. The van der Waals surface area contributed by atoms with E-state index in [1.807, 2.05) is 49.1 Å². The van der Waals surface area contributed by atoms with Gasteiger partial charge in [0.05, 0.1) is 17.7 Å². The second kappa shape index (κ2) is 6.74. The van der Waals surface area contributed by atoms with Crippen molar-refractivity contribution in [2.75, 3.05) is 0 Å². The average Bonchev–Trinajstić information content (AvgIpc) is 3.06. The van der Waals surface area contributed by atoms with Gasteiger partial charge in [0.1, 0.15) is 5.69 Å².